The first kappa shape index (κ1) is 20.3. The van der Waals surface area contributed by atoms with E-state index in [0.29, 0.717) is 22.3 Å². The average Bonchev–Trinajstić information content (AvgIpc) is 2.66. The van der Waals surface area contributed by atoms with E-state index in [9.17, 15) is 18.8 Å². The van der Waals surface area contributed by atoms with Gasteiger partial charge in [-0.25, -0.2) is 4.39 Å². The van der Waals surface area contributed by atoms with E-state index in [1.165, 1.54) is 30.0 Å². The zero-order valence-electron chi connectivity index (χ0n) is 15.9. The summed E-state index contributed by atoms with van der Waals surface area (Å²) in [7, 11) is 3.18. The van der Waals surface area contributed by atoms with Crippen LogP contribution in [0.3, 0.4) is 0 Å². The molecule has 2 aromatic carbocycles. The van der Waals surface area contributed by atoms with Gasteiger partial charge in [-0.3, -0.25) is 14.4 Å². The molecule has 0 bridgehead atoms. The number of nitrogens with one attached hydrogen (secondary N) is 1. The van der Waals surface area contributed by atoms with Crippen molar-refractivity contribution in [2.75, 3.05) is 14.1 Å². The summed E-state index contributed by atoms with van der Waals surface area (Å²) in [4.78, 5) is 37.7. The van der Waals surface area contributed by atoms with Crippen LogP contribution < -0.4 is 5.32 Å². The third-order valence-corrected chi connectivity index (χ3v) is 4.52. The molecule has 0 aliphatic heterocycles. The molecule has 2 amide bonds. The highest BCUT2D eigenvalue weighted by Gasteiger charge is 2.20. The van der Waals surface area contributed by atoms with Gasteiger partial charge >= 0.3 is 0 Å². The van der Waals surface area contributed by atoms with Crippen molar-refractivity contribution < 1.29 is 18.8 Å². The Morgan fingerprint density at radius 3 is 2.48 bits per heavy atom. The average molecular weight is 370 g/mol. The van der Waals surface area contributed by atoms with Crippen molar-refractivity contribution in [3.8, 4) is 11.1 Å². The lowest BCUT2D eigenvalue weighted by Crippen LogP contribution is -2.38. The number of carbonyl (C=O) groups excluding carboxylic acids is 3. The molecule has 27 heavy (non-hydrogen) atoms. The van der Waals surface area contributed by atoms with Crippen LogP contribution in [0.15, 0.2) is 42.5 Å². The van der Waals surface area contributed by atoms with Gasteiger partial charge in [0.1, 0.15) is 5.82 Å². The van der Waals surface area contributed by atoms with Gasteiger partial charge in [0, 0.05) is 37.7 Å². The first-order valence-electron chi connectivity index (χ1n) is 8.63. The Bertz CT molecular complexity index is 879. The molecular weight excluding hydrogens is 347 g/mol. The minimum Gasteiger partial charge on any atom is -0.359 e. The van der Waals surface area contributed by atoms with Crippen molar-refractivity contribution in [2.45, 2.75) is 26.3 Å². The summed E-state index contributed by atoms with van der Waals surface area (Å²) in [5.41, 5.74) is 1.82. The summed E-state index contributed by atoms with van der Waals surface area (Å²) in [6.07, 6.45) is 0.191. The van der Waals surface area contributed by atoms with Crippen LogP contribution in [0.1, 0.15) is 41.0 Å². The molecule has 0 aromatic heterocycles. The summed E-state index contributed by atoms with van der Waals surface area (Å²) < 4.78 is 13.7. The maximum absolute atomic E-state index is 13.7. The maximum Gasteiger partial charge on any atom is 0.253 e. The van der Waals surface area contributed by atoms with Gasteiger partial charge in [-0.1, -0.05) is 12.1 Å². The predicted octanol–water partition coefficient (Wildman–Crippen LogP) is 3.29. The quantitative estimate of drug-likeness (QED) is 0.794. The van der Waals surface area contributed by atoms with Gasteiger partial charge in [0.25, 0.3) is 5.91 Å². The minimum atomic E-state index is -0.456. The first-order valence-corrected chi connectivity index (χ1v) is 8.63. The number of amides is 2. The van der Waals surface area contributed by atoms with E-state index in [0.717, 1.165) is 0 Å². The fourth-order valence-corrected chi connectivity index (χ4v) is 2.79. The van der Waals surface area contributed by atoms with Crippen molar-refractivity contribution in [2.24, 2.45) is 0 Å². The number of halogens is 1. The topological polar surface area (TPSA) is 66.5 Å². The molecule has 0 unspecified atom stereocenters. The van der Waals surface area contributed by atoms with E-state index in [2.05, 4.69) is 5.32 Å². The molecule has 0 saturated heterocycles. The van der Waals surface area contributed by atoms with Crippen LogP contribution in [0.5, 0.6) is 0 Å². The van der Waals surface area contributed by atoms with Gasteiger partial charge in [-0.2, -0.15) is 0 Å². The van der Waals surface area contributed by atoms with Gasteiger partial charge in [-0.15, -0.1) is 0 Å². The Morgan fingerprint density at radius 1 is 1.15 bits per heavy atom. The molecule has 0 aliphatic carbocycles. The van der Waals surface area contributed by atoms with Gasteiger partial charge < -0.3 is 10.2 Å². The van der Waals surface area contributed by atoms with Crippen LogP contribution in [-0.4, -0.2) is 42.6 Å². The van der Waals surface area contributed by atoms with E-state index >= 15 is 0 Å². The second kappa shape index (κ2) is 8.58. The molecule has 2 aromatic rings. The van der Waals surface area contributed by atoms with Gasteiger partial charge in [0.05, 0.1) is 0 Å². The molecule has 6 heteroatoms. The van der Waals surface area contributed by atoms with E-state index in [4.69, 9.17) is 0 Å². The van der Waals surface area contributed by atoms with Crippen LogP contribution in [0, 0.1) is 5.82 Å². The number of Topliss-reactive ketones (excluding diaryl/α,β-unsaturated/α-hetero) is 1. The van der Waals surface area contributed by atoms with Crippen molar-refractivity contribution in [3.05, 3.63) is 59.4 Å². The van der Waals surface area contributed by atoms with Crippen LogP contribution >= 0.6 is 0 Å². The highest BCUT2D eigenvalue weighted by atomic mass is 19.1. The monoisotopic (exact) mass is 370 g/mol. The maximum atomic E-state index is 13.7. The summed E-state index contributed by atoms with van der Waals surface area (Å²) in [5, 5.41) is 2.54. The number of nitrogens with zero attached hydrogens (tertiary/aromatic N) is 1. The van der Waals surface area contributed by atoms with Crippen molar-refractivity contribution >= 4 is 17.6 Å². The molecular formula is C21H23FN2O3. The third-order valence-electron chi connectivity index (χ3n) is 4.52. The lowest BCUT2D eigenvalue weighted by molar-refractivity contribution is -0.121. The van der Waals surface area contributed by atoms with Crippen molar-refractivity contribution in [3.63, 3.8) is 0 Å². The number of benzene rings is 2. The minimum absolute atomic E-state index is 0.151. The number of carbonyl (C=O) groups is 3. The fourth-order valence-electron chi connectivity index (χ4n) is 2.79. The molecule has 5 nitrogen and oxygen atoms in total. The first-order chi connectivity index (χ1) is 12.7. The number of hydrogen-bond acceptors (Lipinski definition) is 3. The third kappa shape index (κ3) is 4.78. The summed E-state index contributed by atoms with van der Waals surface area (Å²) >= 11 is 0. The molecule has 2 rings (SSSR count). The molecule has 0 heterocycles. The zero-order valence-corrected chi connectivity index (χ0v) is 15.9. The Kier molecular flexibility index (Phi) is 6.45. The molecule has 0 spiro atoms. The highest BCUT2D eigenvalue weighted by Crippen LogP contribution is 2.26. The van der Waals surface area contributed by atoms with Crippen molar-refractivity contribution in [1.29, 1.82) is 0 Å². The predicted molar refractivity (Wildman–Crippen MR) is 102 cm³/mol. The SMILES string of the molecule is CNC(=O)C[C@H](C)N(C)C(=O)c1cccc(-c2cc(F)ccc2C(C)=O)c1. The molecule has 0 saturated carbocycles. The lowest BCUT2D eigenvalue weighted by atomic mass is 9.95. The standard InChI is InChI=1S/C21H23FN2O3/c1-13(10-20(26)23-3)24(4)21(27)16-7-5-6-15(11-16)19-12-17(22)8-9-18(19)14(2)25/h5-9,11-13H,10H2,1-4H3,(H,23,26)/t13-/m0/s1. The summed E-state index contributed by atoms with van der Waals surface area (Å²) in [5.74, 6) is -1.04. The molecule has 1 N–H and O–H groups in total. The molecule has 0 radical (unpaired) electrons. The number of hydrogen-bond donors (Lipinski definition) is 1. The smallest absolute Gasteiger partial charge is 0.253 e. The molecule has 142 valence electrons. The Labute approximate surface area is 158 Å². The van der Waals surface area contributed by atoms with Crippen LogP contribution in [0.4, 0.5) is 4.39 Å². The second-order valence-electron chi connectivity index (χ2n) is 6.47. The van der Waals surface area contributed by atoms with E-state index in [-0.39, 0.29) is 30.1 Å². The highest BCUT2D eigenvalue weighted by molar-refractivity contribution is 6.02. The fraction of sp³-hybridized carbons (Fsp3) is 0.286. The van der Waals surface area contributed by atoms with Crippen LogP contribution in [0.2, 0.25) is 0 Å². The summed E-state index contributed by atoms with van der Waals surface area (Å²) in [6.45, 7) is 3.21. The zero-order chi connectivity index (χ0) is 20.1. The normalized spacial score (nSPS) is 11.6. The van der Waals surface area contributed by atoms with E-state index < -0.39 is 5.82 Å². The second-order valence-corrected chi connectivity index (χ2v) is 6.47. The van der Waals surface area contributed by atoms with Crippen LogP contribution in [0.25, 0.3) is 11.1 Å². The Hall–Kier alpha value is -3.02. The molecule has 0 fully saturated rings. The Balaban J connectivity index is 2.35. The van der Waals surface area contributed by atoms with Crippen LogP contribution in [-0.2, 0) is 4.79 Å². The van der Waals surface area contributed by atoms with Gasteiger partial charge in [-0.05, 0) is 55.3 Å². The van der Waals surface area contributed by atoms with Crippen molar-refractivity contribution in [1.82, 2.24) is 10.2 Å². The lowest BCUT2D eigenvalue weighted by Gasteiger charge is -2.24. The number of ketones is 1. The largest absolute Gasteiger partial charge is 0.359 e. The van der Waals surface area contributed by atoms with Gasteiger partial charge in [0.2, 0.25) is 5.91 Å². The molecule has 1 atom stereocenters. The van der Waals surface area contributed by atoms with Gasteiger partial charge in [0.15, 0.2) is 5.78 Å². The van der Waals surface area contributed by atoms with E-state index in [1.54, 1.807) is 45.3 Å². The Morgan fingerprint density at radius 2 is 1.85 bits per heavy atom. The molecule has 0 aliphatic rings. The summed E-state index contributed by atoms with van der Waals surface area (Å²) in [6, 6.07) is 10.4. The van der Waals surface area contributed by atoms with E-state index in [1.807, 2.05) is 0 Å². The number of rotatable bonds is 6.